The summed E-state index contributed by atoms with van der Waals surface area (Å²) in [6.45, 7) is 8.09. The van der Waals surface area contributed by atoms with Crippen LogP contribution in [0.25, 0.3) is 0 Å². The normalized spacial score (nSPS) is 29.3. The Bertz CT molecular complexity index is 529. The van der Waals surface area contributed by atoms with Crippen molar-refractivity contribution in [2.24, 2.45) is 17.3 Å². The van der Waals surface area contributed by atoms with Gasteiger partial charge in [0, 0.05) is 56.6 Å². The molecule has 2 aliphatic heterocycles. The van der Waals surface area contributed by atoms with Crippen LogP contribution in [0.2, 0.25) is 0 Å². The van der Waals surface area contributed by atoms with E-state index in [1.807, 2.05) is 30.0 Å². The van der Waals surface area contributed by atoms with Gasteiger partial charge in [-0.15, -0.1) is 0 Å². The standard InChI is InChI=1S/C20H33N3O2/c1-16-17(6-4-7-18(16)24)9-11-22-12-20(13-22)14-23(15-20)19(25)8-5-10-21(2)3/h5,8,16-17H,4,6-7,9-15H2,1-3H3. The van der Waals surface area contributed by atoms with Crippen LogP contribution in [0.4, 0.5) is 0 Å². The minimum atomic E-state index is 0.153. The van der Waals surface area contributed by atoms with Gasteiger partial charge in [-0.1, -0.05) is 13.0 Å². The molecule has 0 aromatic rings. The van der Waals surface area contributed by atoms with Crippen LogP contribution in [0.1, 0.15) is 32.6 Å². The van der Waals surface area contributed by atoms with Gasteiger partial charge in [0.05, 0.1) is 0 Å². The maximum absolute atomic E-state index is 12.1. The monoisotopic (exact) mass is 347 g/mol. The summed E-state index contributed by atoms with van der Waals surface area (Å²) in [5.41, 5.74) is 0.360. The smallest absolute Gasteiger partial charge is 0.246 e. The molecule has 2 atom stereocenters. The third-order valence-electron chi connectivity index (χ3n) is 6.24. The SMILES string of the molecule is CC1C(=O)CCCC1CCN1CC2(C1)CN(C(=O)C=CCN(C)C)C2. The molecular weight excluding hydrogens is 314 g/mol. The van der Waals surface area contributed by atoms with Crippen LogP contribution in [0, 0.1) is 17.3 Å². The molecule has 1 saturated carbocycles. The van der Waals surface area contributed by atoms with Crippen LogP contribution < -0.4 is 0 Å². The molecule has 5 heteroatoms. The number of likely N-dealkylation sites (N-methyl/N-ethyl adjacent to an activating group) is 1. The van der Waals surface area contributed by atoms with Gasteiger partial charge >= 0.3 is 0 Å². The van der Waals surface area contributed by atoms with Crippen LogP contribution in [0.15, 0.2) is 12.2 Å². The summed E-state index contributed by atoms with van der Waals surface area (Å²) in [5.74, 6) is 1.46. The highest BCUT2D eigenvalue weighted by Crippen LogP contribution is 2.40. The number of hydrogen-bond donors (Lipinski definition) is 0. The van der Waals surface area contributed by atoms with E-state index < -0.39 is 0 Å². The Labute approximate surface area is 152 Å². The van der Waals surface area contributed by atoms with Crippen molar-refractivity contribution >= 4 is 11.7 Å². The number of carbonyl (C=O) groups is 2. The number of Topliss-reactive ketones (excluding diaryl/α,β-unsaturated/α-hetero) is 1. The zero-order chi connectivity index (χ0) is 18.0. The van der Waals surface area contributed by atoms with Gasteiger partial charge in [-0.25, -0.2) is 0 Å². The fraction of sp³-hybridized carbons (Fsp3) is 0.800. The molecule has 1 spiro atoms. The number of amides is 1. The Morgan fingerprint density at radius 3 is 2.68 bits per heavy atom. The van der Waals surface area contributed by atoms with Crippen molar-refractivity contribution in [2.45, 2.75) is 32.6 Å². The number of rotatable bonds is 6. The molecule has 1 amide bonds. The molecule has 3 aliphatic rings. The molecule has 0 bridgehead atoms. The van der Waals surface area contributed by atoms with Crippen molar-refractivity contribution in [2.75, 3.05) is 53.4 Å². The number of ketones is 1. The molecule has 1 aliphatic carbocycles. The molecule has 2 saturated heterocycles. The zero-order valence-corrected chi connectivity index (χ0v) is 16.0. The Kier molecular flexibility index (Phi) is 5.64. The van der Waals surface area contributed by atoms with Gasteiger partial charge in [0.2, 0.25) is 5.91 Å². The molecular formula is C20H33N3O2. The molecule has 5 nitrogen and oxygen atoms in total. The van der Waals surface area contributed by atoms with Crippen LogP contribution in [0.5, 0.6) is 0 Å². The molecule has 0 aromatic carbocycles. The second-order valence-electron chi connectivity index (χ2n) is 8.77. The minimum absolute atomic E-state index is 0.153. The van der Waals surface area contributed by atoms with E-state index in [1.54, 1.807) is 6.08 Å². The highest BCUT2D eigenvalue weighted by atomic mass is 16.2. The van der Waals surface area contributed by atoms with Crippen molar-refractivity contribution in [1.29, 1.82) is 0 Å². The van der Waals surface area contributed by atoms with E-state index in [2.05, 4.69) is 11.8 Å². The van der Waals surface area contributed by atoms with E-state index in [0.29, 0.717) is 17.1 Å². The number of likely N-dealkylation sites (tertiary alicyclic amines) is 2. The summed E-state index contributed by atoms with van der Waals surface area (Å²) in [6, 6.07) is 0. The summed E-state index contributed by atoms with van der Waals surface area (Å²) in [5, 5.41) is 0. The highest BCUT2D eigenvalue weighted by molar-refractivity contribution is 5.88. The summed E-state index contributed by atoms with van der Waals surface area (Å²) >= 11 is 0. The maximum atomic E-state index is 12.1. The van der Waals surface area contributed by atoms with E-state index in [-0.39, 0.29) is 11.8 Å². The van der Waals surface area contributed by atoms with Gasteiger partial charge in [-0.2, -0.15) is 0 Å². The summed E-state index contributed by atoms with van der Waals surface area (Å²) in [7, 11) is 4.00. The Hall–Kier alpha value is -1.20. The first-order chi connectivity index (χ1) is 11.9. The number of nitrogens with zero attached hydrogens (tertiary/aromatic N) is 3. The Balaban J connectivity index is 1.33. The lowest BCUT2D eigenvalue weighted by Crippen LogP contribution is -2.72. The molecule has 25 heavy (non-hydrogen) atoms. The quantitative estimate of drug-likeness (QED) is 0.685. The second-order valence-corrected chi connectivity index (χ2v) is 8.77. The van der Waals surface area contributed by atoms with Gasteiger partial charge in [0.25, 0.3) is 0 Å². The Morgan fingerprint density at radius 2 is 2.00 bits per heavy atom. The summed E-state index contributed by atoms with van der Waals surface area (Å²) in [4.78, 5) is 30.5. The van der Waals surface area contributed by atoms with E-state index in [0.717, 1.165) is 58.5 Å². The highest BCUT2D eigenvalue weighted by Gasteiger charge is 2.52. The topological polar surface area (TPSA) is 43.9 Å². The van der Waals surface area contributed by atoms with Crippen LogP contribution >= 0.6 is 0 Å². The van der Waals surface area contributed by atoms with E-state index in [9.17, 15) is 9.59 Å². The summed E-state index contributed by atoms with van der Waals surface area (Å²) < 4.78 is 0. The molecule has 3 fully saturated rings. The van der Waals surface area contributed by atoms with Gasteiger partial charge in [0.15, 0.2) is 0 Å². The third-order valence-corrected chi connectivity index (χ3v) is 6.24. The molecule has 2 unspecified atom stereocenters. The molecule has 2 heterocycles. The van der Waals surface area contributed by atoms with Gasteiger partial charge in [-0.05, 0) is 45.8 Å². The fourth-order valence-corrected chi connectivity index (χ4v) is 4.67. The van der Waals surface area contributed by atoms with Crippen LogP contribution in [-0.4, -0.2) is 79.8 Å². The maximum Gasteiger partial charge on any atom is 0.246 e. The summed E-state index contributed by atoms with van der Waals surface area (Å²) in [6.07, 6.45) is 7.89. The van der Waals surface area contributed by atoms with E-state index in [1.165, 1.54) is 6.42 Å². The van der Waals surface area contributed by atoms with Crippen molar-refractivity contribution in [3.8, 4) is 0 Å². The minimum Gasteiger partial charge on any atom is -0.338 e. The molecule has 3 rings (SSSR count). The second kappa shape index (κ2) is 7.58. The van der Waals surface area contributed by atoms with Gasteiger partial charge in [0.1, 0.15) is 5.78 Å². The predicted octanol–water partition coefficient (Wildman–Crippen LogP) is 1.64. The van der Waals surface area contributed by atoms with Crippen molar-refractivity contribution in [1.82, 2.24) is 14.7 Å². The third kappa shape index (κ3) is 4.32. The lowest BCUT2D eigenvalue weighted by molar-refractivity contribution is -0.154. The number of hydrogen-bond acceptors (Lipinski definition) is 4. The van der Waals surface area contributed by atoms with Crippen LogP contribution in [-0.2, 0) is 9.59 Å². The molecule has 0 aromatic heterocycles. The van der Waals surface area contributed by atoms with Gasteiger partial charge < -0.3 is 14.7 Å². The molecule has 140 valence electrons. The lowest BCUT2D eigenvalue weighted by Gasteiger charge is -2.60. The zero-order valence-electron chi connectivity index (χ0n) is 16.0. The average molecular weight is 348 g/mol. The predicted molar refractivity (Wildman–Crippen MR) is 99.3 cm³/mol. The van der Waals surface area contributed by atoms with E-state index in [4.69, 9.17) is 0 Å². The van der Waals surface area contributed by atoms with Crippen molar-refractivity contribution < 1.29 is 9.59 Å². The first-order valence-corrected chi connectivity index (χ1v) is 9.74. The van der Waals surface area contributed by atoms with Crippen molar-refractivity contribution in [3.05, 3.63) is 12.2 Å². The fourth-order valence-electron chi connectivity index (χ4n) is 4.67. The largest absolute Gasteiger partial charge is 0.338 e. The first-order valence-electron chi connectivity index (χ1n) is 9.74. The molecule has 0 radical (unpaired) electrons. The number of carbonyl (C=O) groups excluding carboxylic acids is 2. The lowest BCUT2D eigenvalue weighted by atomic mass is 9.72. The van der Waals surface area contributed by atoms with Crippen molar-refractivity contribution in [3.63, 3.8) is 0 Å². The van der Waals surface area contributed by atoms with Gasteiger partial charge in [-0.3, -0.25) is 9.59 Å². The van der Waals surface area contributed by atoms with E-state index >= 15 is 0 Å². The first kappa shape index (κ1) is 18.6. The average Bonchev–Trinajstić information content (AvgIpc) is 2.47. The van der Waals surface area contributed by atoms with Crippen LogP contribution in [0.3, 0.4) is 0 Å². The molecule has 0 N–H and O–H groups in total. The Morgan fingerprint density at radius 1 is 1.28 bits per heavy atom.